The Morgan fingerprint density at radius 2 is 1.25 bits per heavy atom. The van der Waals surface area contributed by atoms with Gasteiger partial charge in [0.15, 0.2) is 0 Å². The molecule has 0 rings (SSSR count). The van der Waals surface area contributed by atoms with Crippen LogP contribution in [0.3, 0.4) is 0 Å². The highest BCUT2D eigenvalue weighted by Crippen LogP contribution is 2.29. The van der Waals surface area contributed by atoms with E-state index < -0.39 is 8.40 Å². The number of hydrogen-bond acceptors (Lipinski definition) is 2. The van der Waals surface area contributed by atoms with Gasteiger partial charge in [0, 0.05) is 0 Å². The number of nitrogens with zero attached hydrogens (tertiary/aromatic N) is 2. The topological polar surface area (TPSA) is 6.48 Å². The standard InChI is InChI=1S/C13H30N2Si/c1-8-14(9-2)16(12-5,13(6)7)15(10-3)11-4/h12-13H,5,8-11H2,1-4,6-7H3. The van der Waals surface area contributed by atoms with Crippen LogP contribution in [0, 0.1) is 0 Å². The van der Waals surface area contributed by atoms with Crippen LogP contribution in [0.2, 0.25) is 5.54 Å². The van der Waals surface area contributed by atoms with E-state index in [4.69, 9.17) is 0 Å². The fourth-order valence-corrected chi connectivity index (χ4v) is 7.76. The summed E-state index contributed by atoms with van der Waals surface area (Å²) in [4.78, 5) is 0. The van der Waals surface area contributed by atoms with Crippen LogP contribution in [0.5, 0.6) is 0 Å². The van der Waals surface area contributed by atoms with Crippen LogP contribution in [0.25, 0.3) is 0 Å². The SMILES string of the molecule is C=C[Si](C(C)C)(N(CC)CC)N(CC)CC. The minimum atomic E-state index is -1.68. The zero-order valence-electron chi connectivity index (χ0n) is 12.1. The lowest BCUT2D eigenvalue weighted by Gasteiger charge is -2.48. The van der Waals surface area contributed by atoms with Crippen molar-refractivity contribution < 1.29 is 0 Å². The molecule has 0 aromatic rings. The zero-order valence-corrected chi connectivity index (χ0v) is 13.1. The Labute approximate surface area is 103 Å². The molecule has 0 aromatic carbocycles. The third-order valence-corrected chi connectivity index (χ3v) is 9.28. The van der Waals surface area contributed by atoms with Crippen molar-refractivity contribution in [2.75, 3.05) is 26.2 Å². The quantitative estimate of drug-likeness (QED) is 0.603. The average molecular weight is 242 g/mol. The van der Waals surface area contributed by atoms with Crippen LogP contribution in [0.15, 0.2) is 12.3 Å². The van der Waals surface area contributed by atoms with Gasteiger partial charge >= 0.3 is 0 Å². The molecule has 0 fully saturated rings. The second-order valence-corrected chi connectivity index (χ2v) is 8.88. The monoisotopic (exact) mass is 242 g/mol. The normalized spacial score (nSPS) is 12.8. The van der Waals surface area contributed by atoms with Crippen molar-refractivity contribution in [3.8, 4) is 0 Å². The van der Waals surface area contributed by atoms with Gasteiger partial charge in [-0.25, -0.2) is 0 Å². The van der Waals surface area contributed by atoms with Gasteiger partial charge in [-0.05, 0) is 31.7 Å². The van der Waals surface area contributed by atoms with E-state index >= 15 is 0 Å². The van der Waals surface area contributed by atoms with Crippen molar-refractivity contribution in [1.29, 1.82) is 0 Å². The predicted molar refractivity (Wildman–Crippen MR) is 76.9 cm³/mol. The Morgan fingerprint density at radius 3 is 1.38 bits per heavy atom. The van der Waals surface area contributed by atoms with Gasteiger partial charge in [-0.3, -0.25) is 0 Å². The van der Waals surface area contributed by atoms with E-state index in [0.29, 0.717) is 5.54 Å². The highest BCUT2D eigenvalue weighted by molar-refractivity contribution is 6.80. The number of rotatable bonds is 8. The summed E-state index contributed by atoms with van der Waals surface area (Å²) in [5.74, 6) is 0. The minimum absolute atomic E-state index is 0.685. The van der Waals surface area contributed by atoms with Crippen LogP contribution in [-0.2, 0) is 0 Å². The summed E-state index contributed by atoms with van der Waals surface area (Å²) >= 11 is 0. The molecule has 0 aliphatic carbocycles. The van der Waals surface area contributed by atoms with E-state index in [-0.39, 0.29) is 0 Å². The summed E-state index contributed by atoms with van der Waals surface area (Å²) in [6.45, 7) is 22.4. The van der Waals surface area contributed by atoms with Crippen LogP contribution in [0.1, 0.15) is 41.5 Å². The molecule has 0 spiro atoms. The Bertz CT molecular complexity index is 184. The fourth-order valence-electron chi connectivity index (χ4n) is 2.88. The molecule has 0 saturated heterocycles. The largest absolute Gasteiger partial charge is 0.309 e. The van der Waals surface area contributed by atoms with Gasteiger partial charge < -0.3 is 9.13 Å². The molecule has 2 nitrogen and oxygen atoms in total. The maximum Gasteiger partial charge on any atom is 0.234 e. The second-order valence-electron chi connectivity index (χ2n) is 4.49. The van der Waals surface area contributed by atoms with Crippen molar-refractivity contribution in [2.45, 2.75) is 47.1 Å². The first-order valence-corrected chi connectivity index (χ1v) is 8.73. The highest BCUT2D eigenvalue weighted by atomic mass is 28.3. The van der Waals surface area contributed by atoms with Crippen molar-refractivity contribution in [3.63, 3.8) is 0 Å². The van der Waals surface area contributed by atoms with Gasteiger partial charge in [0.2, 0.25) is 8.40 Å². The van der Waals surface area contributed by atoms with Crippen LogP contribution >= 0.6 is 0 Å². The lowest BCUT2D eigenvalue weighted by Crippen LogP contribution is -2.66. The second kappa shape index (κ2) is 7.25. The summed E-state index contributed by atoms with van der Waals surface area (Å²) in [5, 5.41) is 0. The summed E-state index contributed by atoms with van der Waals surface area (Å²) < 4.78 is 5.30. The summed E-state index contributed by atoms with van der Waals surface area (Å²) in [7, 11) is -1.68. The molecular weight excluding hydrogens is 212 g/mol. The summed E-state index contributed by atoms with van der Waals surface area (Å²) in [6.07, 6.45) is 0. The van der Waals surface area contributed by atoms with Crippen molar-refractivity contribution in [1.82, 2.24) is 9.13 Å². The van der Waals surface area contributed by atoms with E-state index in [0.717, 1.165) is 26.2 Å². The third kappa shape index (κ3) is 2.76. The first-order valence-electron chi connectivity index (χ1n) is 6.68. The molecule has 0 heterocycles. The molecule has 0 N–H and O–H groups in total. The molecule has 0 unspecified atom stereocenters. The van der Waals surface area contributed by atoms with Crippen molar-refractivity contribution in [2.24, 2.45) is 0 Å². The maximum absolute atomic E-state index is 4.17. The van der Waals surface area contributed by atoms with Gasteiger partial charge in [0.1, 0.15) is 0 Å². The lowest BCUT2D eigenvalue weighted by molar-refractivity contribution is 0.351. The predicted octanol–water partition coefficient (Wildman–Crippen LogP) is 3.25. The molecule has 0 aliphatic rings. The molecule has 0 amide bonds. The van der Waals surface area contributed by atoms with Gasteiger partial charge in [0.25, 0.3) is 0 Å². The smallest absolute Gasteiger partial charge is 0.234 e. The van der Waals surface area contributed by atoms with Crippen LogP contribution in [-0.4, -0.2) is 43.7 Å². The fraction of sp³-hybridized carbons (Fsp3) is 0.846. The molecule has 0 bridgehead atoms. The molecule has 0 saturated carbocycles. The highest BCUT2D eigenvalue weighted by Gasteiger charge is 2.43. The van der Waals surface area contributed by atoms with E-state index in [1.807, 2.05) is 0 Å². The molecule has 0 aliphatic heterocycles. The van der Waals surface area contributed by atoms with Gasteiger partial charge in [0.05, 0.1) is 0 Å². The van der Waals surface area contributed by atoms with Gasteiger partial charge in [-0.2, -0.15) is 0 Å². The van der Waals surface area contributed by atoms with Crippen molar-refractivity contribution >= 4 is 8.40 Å². The maximum atomic E-state index is 4.17. The Balaban J connectivity index is 5.35. The summed E-state index contributed by atoms with van der Waals surface area (Å²) in [6, 6.07) is 0. The molecule has 0 atom stereocenters. The Hall–Kier alpha value is -0.123. The molecule has 96 valence electrons. The average Bonchev–Trinajstić information content (AvgIpc) is 2.29. The summed E-state index contributed by atoms with van der Waals surface area (Å²) in [5.41, 5.74) is 2.96. The van der Waals surface area contributed by atoms with Gasteiger partial charge in [-0.15, -0.1) is 6.58 Å². The van der Waals surface area contributed by atoms with Crippen molar-refractivity contribution in [3.05, 3.63) is 12.3 Å². The molecule has 0 radical (unpaired) electrons. The van der Waals surface area contributed by atoms with E-state index in [1.54, 1.807) is 0 Å². The molecule has 3 heteroatoms. The first-order chi connectivity index (χ1) is 7.54. The Morgan fingerprint density at radius 1 is 0.938 bits per heavy atom. The zero-order chi connectivity index (χ0) is 12.8. The minimum Gasteiger partial charge on any atom is -0.309 e. The van der Waals surface area contributed by atoms with Gasteiger partial charge in [-0.1, -0.05) is 47.2 Å². The first kappa shape index (κ1) is 15.9. The van der Waals surface area contributed by atoms with E-state index in [1.165, 1.54) is 0 Å². The van der Waals surface area contributed by atoms with E-state index in [2.05, 4.69) is 63.0 Å². The van der Waals surface area contributed by atoms with E-state index in [9.17, 15) is 0 Å². The third-order valence-electron chi connectivity index (χ3n) is 3.69. The van der Waals surface area contributed by atoms with Crippen LogP contribution in [0.4, 0.5) is 0 Å². The number of hydrogen-bond donors (Lipinski definition) is 0. The molecule has 16 heavy (non-hydrogen) atoms. The lowest BCUT2D eigenvalue weighted by atomic mass is 10.6. The van der Waals surface area contributed by atoms with Crippen LogP contribution < -0.4 is 0 Å². The molecule has 0 aromatic heterocycles. The Kier molecular flexibility index (Phi) is 7.20. The molecular formula is C13H30N2Si.